The van der Waals surface area contributed by atoms with Gasteiger partial charge in [0.15, 0.2) is 17.6 Å². The molecule has 9 rings (SSSR count). The van der Waals surface area contributed by atoms with E-state index in [0.717, 1.165) is 65.6 Å². The van der Waals surface area contributed by atoms with E-state index >= 15 is 0 Å². The number of halogens is 3. The van der Waals surface area contributed by atoms with Crippen LogP contribution in [-0.2, 0) is 44.0 Å². The number of carboxylic acid groups (broad SMARTS) is 4. The van der Waals surface area contributed by atoms with Gasteiger partial charge in [0.05, 0.1) is 36.3 Å². The van der Waals surface area contributed by atoms with Gasteiger partial charge in [-0.2, -0.15) is 13.2 Å². The smallest absolute Gasteiger partial charge is 0.490 e. The van der Waals surface area contributed by atoms with Crippen LogP contribution in [0.25, 0.3) is 10.9 Å². The highest BCUT2D eigenvalue weighted by atomic mass is 19.4. The molecule has 4 atom stereocenters. The quantitative estimate of drug-likeness (QED) is 0.154. The lowest BCUT2D eigenvalue weighted by atomic mass is 9.49. The minimum absolute atomic E-state index is 0.0540. The number of para-hydroxylation sites is 1. The molecule has 3 aromatic rings. The molecule has 3 aliphatic carbocycles. The number of aromatic nitrogens is 1. The zero-order valence-corrected chi connectivity index (χ0v) is 36.1. The summed E-state index contributed by atoms with van der Waals surface area (Å²) in [4.78, 5) is 54.5. The Kier molecular flexibility index (Phi) is 13.1. The minimum atomic E-state index is -5.08. The highest BCUT2D eigenvalue weighted by Crippen LogP contribution is 2.69. The van der Waals surface area contributed by atoms with Crippen LogP contribution in [0.4, 0.5) is 13.2 Å². The maximum Gasteiger partial charge on any atom is 0.490 e. The molecule has 354 valence electrons. The fraction of sp³-hybridized carbons (Fsp3) is 0.600. The topological polar surface area (TPSA) is 220 Å². The van der Waals surface area contributed by atoms with E-state index in [9.17, 15) is 53.1 Å². The van der Waals surface area contributed by atoms with Crippen molar-refractivity contribution in [1.29, 1.82) is 0 Å². The van der Waals surface area contributed by atoms with E-state index in [2.05, 4.69) is 38.6 Å². The number of aliphatic carboxylic acids is 4. The number of benzene rings is 2. The number of carbonyl (C=O) groups is 4. The standard InChI is InChI=1S/C43H56N6O9.C2HF3O2/c50-33-9-8-29-22-34-43(57)23-31-30-4-1-2-5-32(30)49(39(31)41-42(43,38(29)40(33)58-41)10-13-48(34)24-28-6-7-28)12-3-11-44-14-16-45(25-35(51)52)18-20-47(27-37(55)56)21-19-46(17-15-44)26-36(53)54;3-2(4,5)1(6)7/h1-2,4-5,8-9,28,34,41,50,57H,3,6-7,10-27H2,(H,51,52)(H,53,54)(H,55,56);(H,6,7)/t34-,41-,42-,43+;/m0./s1. The number of fused-ring (bicyclic) bond motifs is 4. The van der Waals surface area contributed by atoms with E-state index in [1.807, 2.05) is 15.9 Å². The monoisotopic (exact) mass is 914 g/mol. The molecule has 65 heavy (non-hydrogen) atoms. The number of phenolic OH excluding ortho intramolecular Hbond substituents is 1. The van der Waals surface area contributed by atoms with Crippen LogP contribution in [0.2, 0.25) is 0 Å². The highest BCUT2D eigenvalue weighted by molar-refractivity contribution is 5.87. The number of piperidine rings is 1. The third kappa shape index (κ3) is 9.25. The lowest BCUT2D eigenvalue weighted by Crippen LogP contribution is -2.74. The van der Waals surface area contributed by atoms with Gasteiger partial charge in [0.2, 0.25) is 0 Å². The van der Waals surface area contributed by atoms with Crippen molar-refractivity contribution < 1.29 is 67.7 Å². The molecular weight excluding hydrogens is 858 g/mol. The van der Waals surface area contributed by atoms with Crippen LogP contribution in [0.1, 0.15) is 54.2 Å². The summed E-state index contributed by atoms with van der Waals surface area (Å²) in [7, 11) is 0. The lowest BCUT2D eigenvalue weighted by Gasteiger charge is -2.63. The molecule has 6 N–H and O–H groups in total. The molecule has 2 bridgehead atoms. The maximum atomic E-state index is 13.4. The molecule has 20 heteroatoms. The summed E-state index contributed by atoms with van der Waals surface area (Å²) in [5.41, 5.74) is 3.65. The van der Waals surface area contributed by atoms with Crippen molar-refractivity contribution in [2.45, 2.75) is 74.4 Å². The van der Waals surface area contributed by atoms with Gasteiger partial charge in [-0.05, 0) is 74.4 Å². The molecule has 3 fully saturated rings. The van der Waals surface area contributed by atoms with E-state index in [1.54, 1.807) is 11.0 Å². The first-order valence-corrected chi connectivity index (χ1v) is 22.3. The molecule has 2 saturated heterocycles. The maximum absolute atomic E-state index is 13.4. The molecule has 0 unspecified atom stereocenters. The summed E-state index contributed by atoms with van der Waals surface area (Å²) in [5, 5.41) is 61.8. The van der Waals surface area contributed by atoms with Crippen LogP contribution in [0.3, 0.4) is 0 Å². The van der Waals surface area contributed by atoms with Gasteiger partial charge >= 0.3 is 30.1 Å². The van der Waals surface area contributed by atoms with E-state index < -0.39 is 47.2 Å². The summed E-state index contributed by atoms with van der Waals surface area (Å²) in [6, 6.07) is 12.1. The fourth-order valence-corrected chi connectivity index (χ4v) is 11.3. The van der Waals surface area contributed by atoms with Crippen LogP contribution < -0.4 is 4.74 Å². The first-order chi connectivity index (χ1) is 30.9. The molecule has 1 spiro atoms. The third-order valence-corrected chi connectivity index (χ3v) is 14.4. The summed E-state index contributed by atoms with van der Waals surface area (Å²) in [6.07, 6.45) is -0.345. The van der Waals surface area contributed by atoms with E-state index in [4.69, 9.17) is 14.6 Å². The van der Waals surface area contributed by atoms with Crippen molar-refractivity contribution in [3.05, 3.63) is 58.8 Å². The van der Waals surface area contributed by atoms with Crippen LogP contribution in [0.5, 0.6) is 11.5 Å². The van der Waals surface area contributed by atoms with Gasteiger partial charge < -0.3 is 44.8 Å². The molecule has 3 aliphatic heterocycles. The zero-order valence-electron chi connectivity index (χ0n) is 36.1. The van der Waals surface area contributed by atoms with E-state index in [0.29, 0.717) is 83.5 Å². The van der Waals surface area contributed by atoms with Gasteiger partial charge in [-0.15, -0.1) is 0 Å². The molecule has 4 heterocycles. The Labute approximate surface area is 373 Å². The number of hydrogen-bond donors (Lipinski definition) is 6. The Hall–Kier alpha value is -4.99. The summed E-state index contributed by atoms with van der Waals surface area (Å²) in [6.45, 7) is 6.23. The Morgan fingerprint density at radius 2 is 1.31 bits per heavy atom. The van der Waals surface area contributed by atoms with Crippen molar-refractivity contribution in [1.82, 2.24) is 29.1 Å². The first kappa shape index (κ1) is 46.5. The summed E-state index contributed by atoms with van der Waals surface area (Å²) < 4.78 is 41.1. The number of ether oxygens (including phenoxy) is 1. The van der Waals surface area contributed by atoms with Gasteiger partial charge in [-0.25, -0.2) is 4.79 Å². The van der Waals surface area contributed by atoms with Crippen LogP contribution in [-0.4, -0.2) is 193 Å². The largest absolute Gasteiger partial charge is 0.504 e. The number of rotatable bonds is 12. The van der Waals surface area contributed by atoms with Crippen molar-refractivity contribution in [2.24, 2.45) is 5.92 Å². The number of aliphatic hydroxyl groups is 1. The predicted octanol–water partition coefficient (Wildman–Crippen LogP) is 2.54. The lowest BCUT2D eigenvalue weighted by molar-refractivity contribution is -0.192. The normalized spacial score (nSPS) is 26.5. The van der Waals surface area contributed by atoms with Gasteiger partial charge in [-0.3, -0.25) is 34.0 Å². The molecular formula is C45H57F3N6O11. The number of phenols is 1. The second kappa shape index (κ2) is 18.4. The van der Waals surface area contributed by atoms with Gasteiger partial charge in [0, 0.05) is 94.4 Å². The molecule has 1 aromatic heterocycles. The predicted molar refractivity (Wildman–Crippen MR) is 227 cm³/mol. The molecule has 17 nitrogen and oxygen atoms in total. The number of aromatic hydroxyl groups is 1. The average molecular weight is 915 g/mol. The minimum Gasteiger partial charge on any atom is -0.504 e. The van der Waals surface area contributed by atoms with E-state index in [1.165, 1.54) is 12.8 Å². The Morgan fingerprint density at radius 1 is 0.754 bits per heavy atom. The molecule has 0 radical (unpaired) electrons. The summed E-state index contributed by atoms with van der Waals surface area (Å²) >= 11 is 0. The number of hydrogen-bond acceptors (Lipinski definition) is 12. The number of nitrogens with zero attached hydrogens (tertiary/aromatic N) is 6. The van der Waals surface area contributed by atoms with Crippen LogP contribution in [0, 0.1) is 5.92 Å². The Morgan fingerprint density at radius 3 is 1.85 bits per heavy atom. The number of alkyl halides is 3. The van der Waals surface area contributed by atoms with Gasteiger partial charge in [0.1, 0.15) is 0 Å². The SMILES string of the molecule is O=C(O)C(F)(F)F.O=C(O)CN1CCN(CCCn2c3c(c4ccccc42)C[C@@]2(O)[C@@H]4Cc5ccc(O)c6c5[C@@]2(CCN4CC2CC2)[C@H]3O6)CCN(CC(=O)O)CCN(CC(=O)O)CC1. The van der Waals surface area contributed by atoms with Gasteiger partial charge in [-0.1, -0.05) is 24.3 Å². The fourth-order valence-electron chi connectivity index (χ4n) is 11.3. The third-order valence-electron chi connectivity index (χ3n) is 14.4. The van der Waals surface area contributed by atoms with Crippen molar-refractivity contribution >= 4 is 34.8 Å². The van der Waals surface area contributed by atoms with Crippen LogP contribution >= 0.6 is 0 Å². The number of likely N-dealkylation sites (tertiary alicyclic amines) is 1. The second-order valence-corrected chi connectivity index (χ2v) is 18.5. The molecule has 0 amide bonds. The van der Waals surface area contributed by atoms with E-state index in [-0.39, 0.29) is 31.4 Å². The Bertz CT molecular complexity index is 2270. The first-order valence-electron chi connectivity index (χ1n) is 22.3. The van der Waals surface area contributed by atoms with Gasteiger partial charge in [0.25, 0.3) is 0 Å². The van der Waals surface area contributed by atoms with Crippen LogP contribution in [0.15, 0.2) is 36.4 Å². The number of carboxylic acids is 4. The summed E-state index contributed by atoms with van der Waals surface area (Å²) in [5.74, 6) is -4.30. The molecule has 2 aromatic carbocycles. The van der Waals surface area contributed by atoms with Crippen molar-refractivity contribution in [2.75, 3.05) is 91.6 Å². The highest BCUT2D eigenvalue weighted by Gasteiger charge is 2.73. The molecule has 1 saturated carbocycles. The zero-order chi connectivity index (χ0) is 46.4. The average Bonchev–Trinajstić information content (AvgIpc) is 3.91. The van der Waals surface area contributed by atoms with Crippen molar-refractivity contribution in [3.8, 4) is 11.5 Å². The van der Waals surface area contributed by atoms with Crippen molar-refractivity contribution in [3.63, 3.8) is 0 Å². The second-order valence-electron chi connectivity index (χ2n) is 18.5. The molecule has 6 aliphatic rings. The number of aryl methyl sites for hydroxylation is 1. The Balaban J connectivity index is 0.000000763.